The number of aldehydes is 1. The Labute approximate surface area is 163 Å². The van der Waals surface area contributed by atoms with E-state index in [1.54, 1.807) is 18.2 Å². The van der Waals surface area contributed by atoms with Crippen molar-refractivity contribution in [3.05, 3.63) is 47.3 Å². The first-order valence-electron chi connectivity index (χ1n) is 10.3. The zero-order chi connectivity index (χ0) is 19.6. The number of ether oxygens (including phenoxy) is 1. The maximum atomic E-state index is 13.9. The maximum absolute atomic E-state index is 13.9. The molecule has 1 saturated carbocycles. The van der Waals surface area contributed by atoms with Gasteiger partial charge in [-0.15, -0.1) is 0 Å². The molecule has 0 bridgehead atoms. The molecule has 2 atom stereocenters. The van der Waals surface area contributed by atoms with Crippen LogP contribution in [0, 0.1) is 5.82 Å². The van der Waals surface area contributed by atoms with Gasteiger partial charge < -0.3 is 9.53 Å². The van der Waals surface area contributed by atoms with E-state index in [-0.39, 0.29) is 12.0 Å². The molecule has 150 valence electrons. The number of carbonyl (C=O) groups excluding carboxylic acids is 1. The molecule has 2 rings (SSSR count). The molecule has 0 radical (unpaired) electrons. The number of carbonyl (C=O) groups is 1. The highest BCUT2D eigenvalue weighted by Gasteiger charge is 2.31. The number of nitrogens with zero attached hydrogens (tertiary/aromatic N) is 1. The number of unbranched alkanes of at least 4 members (excludes halogenated alkanes) is 2. The van der Waals surface area contributed by atoms with Gasteiger partial charge in [0.05, 0.1) is 6.61 Å². The highest BCUT2D eigenvalue weighted by atomic mass is 19.1. The van der Waals surface area contributed by atoms with E-state index in [2.05, 4.69) is 18.9 Å². The molecule has 1 aliphatic carbocycles. The van der Waals surface area contributed by atoms with E-state index in [1.807, 2.05) is 13.0 Å². The van der Waals surface area contributed by atoms with Crippen molar-refractivity contribution in [3.63, 3.8) is 0 Å². The van der Waals surface area contributed by atoms with Crippen LogP contribution in [0.2, 0.25) is 0 Å². The Kier molecular flexibility index (Phi) is 9.16. The third-order valence-electron chi connectivity index (χ3n) is 5.32. The number of benzene rings is 1. The summed E-state index contributed by atoms with van der Waals surface area (Å²) in [6, 6.07) is 7.16. The number of hydrogen-bond donors (Lipinski definition) is 0. The largest absolute Gasteiger partial charge is 0.359 e. The van der Waals surface area contributed by atoms with Crippen LogP contribution in [0.25, 0.3) is 0 Å². The predicted octanol–water partition coefficient (Wildman–Crippen LogP) is 5.46. The van der Waals surface area contributed by atoms with Gasteiger partial charge in [-0.25, -0.2) is 4.39 Å². The lowest BCUT2D eigenvalue weighted by Gasteiger charge is -2.28. The summed E-state index contributed by atoms with van der Waals surface area (Å²) in [5, 5.41) is 0. The third-order valence-corrected chi connectivity index (χ3v) is 5.32. The molecule has 1 aliphatic rings. The van der Waals surface area contributed by atoms with Crippen LogP contribution in [0.4, 0.5) is 4.39 Å². The van der Waals surface area contributed by atoms with Crippen molar-refractivity contribution in [1.82, 2.24) is 4.90 Å². The van der Waals surface area contributed by atoms with Crippen molar-refractivity contribution in [2.75, 3.05) is 13.7 Å². The molecular formula is C23H34FNO2. The minimum absolute atomic E-state index is 0.154. The first kappa shape index (κ1) is 21.8. The van der Waals surface area contributed by atoms with Gasteiger partial charge in [-0.2, -0.15) is 0 Å². The van der Waals surface area contributed by atoms with E-state index in [0.29, 0.717) is 24.6 Å². The van der Waals surface area contributed by atoms with E-state index in [9.17, 15) is 9.18 Å². The van der Waals surface area contributed by atoms with Crippen LogP contribution < -0.4 is 0 Å². The van der Waals surface area contributed by atoms with Gasteiger partial charge in [0.25, 0.3) is 0 Å². The number of rotatable bonds is 13. The minimum atomic E-state index is -0.448. The lowest BCUT2D eigenvalue weighted by Crippen LogP contribution is -2.36. The van der Waals surface area contributed by atoms with Crippen LogP contribution in [0.15, 0.2) is 35.9 Å². The van der Waals surface area contributed by atoms with Gasteiger partial charge in [0, 0.05) is 12.0 Å². The van der Waals surface area contributed by atoms with E-state index in [4.69, 9.17) is 4.74 Å². The molecule has 1 fully saturated rings. The van der Waals surface area contributed by atoms with Crippen molar-refractivity contribution < 1.29 is 13.9 Å². The normalized spacial score (nSPS) is 17.1. The summed E-state index contributed by atoms with van der Waals surface area (Å²) < 4.78 is 20.1. The summed E-state index contributed by atoms with van der Waals surface area (Å²) >= 11 is 0. The zero-order valence-electron chi connectivity index (χ0n) is 17.0. The molecule has 0 aromatic heterocycles. The maximum Gasteiger partial charge on any atom is 0.127 e. The Morgan fingerprint density at radius 2 is 2.07 bits per heavy atom. The van der Waals surface area contributed by atoms with E-state index in [0.717, 1.165) is 18.3 Å². The van der Waals surface area contributed by atoms with E-state index < -0.39 is 5.92 Å². The summed E-state index contributed by atoms with van der Waals surface area (Å²) in [7, 11) is 2.16. The van der Waals surface area contributed by atoms with Gasteiger partial charge in [-0.05, 0) is 57.7 Å². The van der Waals surface area contributed by atoms with Crippen LogP contribution in [0.5, 0.6) is 0 Å². The minimum Gasteiger partial charge on any atom is -0.359 e. The molecule has 1 aromatic carbocycles. The standard InChI is InChI=1S/C23H34FNO2/c1-4-5-6-11-23(25(3)20-14-15-20)27-17-18(2)12-13-19(16-26)21-9-7-8-10-22(21)24/h7-10,12,16,19-20,23H,4-6,11,13-15,17H2,1-3H3/b18-12+. The summed E-state index contributed by atoms with van der Waals surface area (Å²) in [5.74, 6) is -0.769. The van der Waals surface area contributed by atoms with Crippen LogP contribution >= 0.6 is 0 Å². The van der Waals surface area contributed by atoms with Gasteiger partial charge in [0.15, 0.2) is 0 Å². The molecule has 4 heteroatoms. The number of hydrogen-bond acceptors (Lipinski definition) is 3. The van der Waals surface area contributed by atoms with Crippen LogP contribution in [-0.4, -0.2) is 37.1 Å². The average molecular weight is 376 g/mol. The van der Waals surface area contributed by atoms with E-state index in [1.165, 1.54) is 38.2 Å². The SMILES string of the molecule is CCCCCC(OC/C(C)=C/CC(C=O)c1ccccc1F)N(C)C1CC1. The first-order valence-corrected chi connectivity index (χ1v) is 10.3. The average Bonchev–Trinajstić information content (AvgIpc) is 3.51. The predicted molar refractivity (Wildman–Crippen MR) is 108 cm³/mol. The fourth-order valence-electron chi connectivity index (χ4n) is 3.34. The monoisotopic (exact) mass is 375 g/mol. The highest BCUT2D eigenvalue weighted by Crippen LogP contribution is 2.29. The zero-order valence-corrected chi connectivity index (χ0v) is 17.0. The van der Waals surface area contributed by atoms with Crippen molar-refractivity contribution >= 4 is 6.29 Å². The quantitative estimate of drug-likeness (QED) is 0.198. The molecule has 2 unspecified atom stereocenters. The van der Waals surface area contributed by atoms with Crippen LogP contribution in [0.3, 0.4) is 0 Å². The van der Waals surface area contributed by atoms with Gasteiger partial charge >= 0.3 is 0 Å². The van der Waals surface area contributed by atoms with Crippen molar-refractivity contribution in [2.24, 2.45) is 0 Å². The fourth-order valence-corrected chi connectivity index (χ4v) is 3.34. The molecule has 0 spiro atoms. The van der Waals surface area contributed by atoms with Crippen molar-refractivity contribution in [2.45, 2.75) is 77.0 Å². The molecule has 3 nitrogen and oxygen atoms in total. The summed E-state index contributed by atoms with van der Waals surface area (Å²) in [6.45, 7) is 4.78. The lowest BCUT2D eigenvalue weighted by molar-refractivity contribution is -0.109. The van der Waals surface area contributed by atoms with Crippen molar-refractivity contribution in [1.29, 1.82) is 0 Å². The molecule has 1 aromatic rings. The van der Waals surface area contributed by atoms with Crippen molar-refractivity contribution in [3.8, 4) is 0 Å². The van der Waals surface area contributed by atoms with Gasteiger partial charge in [-0.1, -0.05) is 49.6 Å². The lowest BCUT2D eigenvalue weighted by atomic mass is 9.96. The van der Waals surface area contributed by atoms with Crippen LogP contribution in [0.1, 0.15) is 70.3 Å². The molecule has 27 heavy (non-hydrogen) atoms. The smallest absolute Gasteiger partial charge is 0.127 e. The number of halogens is 1. The molecule has 0 saturated heterocycles. The Morgan fingerprint density at radius 1 is 1.33 bits per heavy atom. The van der Waals surface area contributed by atoms with Crippen LogP contribution in [-0.2, 0) is 9.53 Å². The second kappa shape index (κ2) is 11.4. The van der Waals surface area contributed by atoms with Gasteiger partial charge in [-0.3, -0.25) is 4.90 Å². The second-order valence-electron chi connectivity index (χ2n) is 7.71. The molecule has 0 aliphatic heterocycles. The fraction of sp³-hybridized carbons (Fsp3) is 0.609. The van der Waals surface area contributed by atoms with Gasteiger partial charge in [0.2, 0.25) is 0 Å². The van der Waals surface area contributed by atoms with E-state index >= 15 is 0 Å². The molecule has 0 amide bonds. The Bertz CT molecular complexity index is 612. The summed E-state index contributed by atoms with van der Waals surface area (Å²) in [5.41, 5.74) is 1.55. The summed E-state index contributed by atoms with van der Waals surface area (Å²) in [4.78, 5) is 13.8. The first-order chi connectivity index (χ1) is 13.1. The Hall–Kier alpha value is -1.52. The number of allylic oxidation sites excluding steroid dienone is 1. The third kappa shape index (κ3) is 7.19. The Morgan fingerprint density at radius 3 is 2.70 bits per heavy atom. The summed E-state index contributed by atoms with van der Waals surface area (Å²) in [6.07, 6.45) is 10.7. The molecular weight excluding hydrogens is 341 g/mol. The highest BCUT2D eigenvalue weighted by molar-refractivity contribution is 5.62. The topological polar surface area (TPSA) is 29.5 Å². The molecule has 0 heterocycles. The second-order valence-corrected chi connectivity index (χ2v) is 7.71. The molecule has 0 N–H and O–H groups in total. The van der Waals surface area contributed by atoms with Gasteiger partial charge in [0.1, 0.15) is 18.3 Å². The Balaban J connectivity index is 1.88.